The number of aryl methyl sites for hydroxylation is 2. The van der Waals surface area contributed by atoms with Gasteiger partial charge in [-0.05, 0) is 62.7 Å². The average molecular weight is 467 g/mol. The van der Waals surface area contributed by atoms with Crippen molar-refractivity contribution < 1.29 is 19.1 Å². The Labute approximate surface area is 197 Å². The number of amides is 2. The summed E-state index contributed by atoms with van der Waals surface area (Å²) in [7, 11) is 1.50. The van der Waals surface area contributed by atoms with Crippen molar-refractivity contribution >= 4 is 23.6 Å². The topological polar surface area (TPSA) is 102 Å². The number of methoxy groups -OCH3 is 1. The number of benzene rings is 2. The molecule has 3 rings (SSSR count). The van der Waals surface area contributed by atoms with Crippen molar-refractivity contribution in [3.8, 4) is 11.5 Å². The number of thioether (sulfide) groups is 1. The van der Waals surface area contributed by atoms with Crippen molar-refractivity contribution in [1.29, 1.82) is 0 Å². The molecule has 1 aromatic heterocycles. The molecule has 2 amide bonds. The van der Waals surface area contributed by atoms with E-state index in [-0.39, 0.29) is 0 Å². The van der Waals surface area contributed by atoms with Crippen molar-refractivity contribution in [1.82, 2.24) is 20.8 Å². The molecule has 2 N–H and O–H groups in total. The van der Waals surface area contributed by atoms with Gasteiger partial charge in [0, 0.05) is 28.3 Å². The summed E-state index contributed by atoms with van der Waals surface area (Å²) in [5.74, 6) is 0.781. The first kappa shape index (κ1) is 24.1. The summed E-state index contributed by atoms with van der Waals surface area (Å²) >= 11 is 1.54. The molecular formula is C24H26N4O4S. The minimum atomic E-state index is -0.467. The van der Waals surface area contributed by atoms with E-state index in [9.17, 15) is 9.59 Å². The highest BCUT2D eigenvalue weighted by Crippen LogP contribution is 2.28. The van der Waals surface area contributed by atoms with E-state index in [0.29, 0.717) is 35.0 Å². The Bertz CT molecular complexity index is 1120. The maximum atomic E-state index is 12.4. The van der Waals surface area contributed by atoms with E-state index in [1.54, 1.807) is 30.3 Å². The molecule has 3 aromatic rings. The summed E-state index contributed by atoms with van der Waals surface area (Å²) in [4.78, 5) is 33.7. The molecule has 0 saturated carbocycles. The molecule has 0 saturated heterocycles. The number of hydrogen-bond acceptors (Lipinski definition) is 7. The van der Waals surface area contributed by atoms with Crippen molar-refractivity contribution in [2.45, 2.75) is 31.7 Å². The van der Waals surface area contributed by atoms with Crippen molar-refractivity contribution in [3.05, 3.63) is 76.6 Å². The first-order valence-electron chi connectivity index (χ1n) is 10.3. The smallest absolute Gasteiger partial charge is 0.269 e. The zero-order chi connectivity index (χ0) is 23.8. The second-order valence-electron chi connectivity index (χ2n) is 7.13. The molecule has 9 heteroatoms. The monoisotopic (exact) mass is 466 g/mol. The van der Waals surface area contributed by atoms with E-state index < -0.39 is 11.8 Å². The van der Waals surface area contributed by atoms with Crippen LogP contribution in [0.25, 0.3) is 0 Å². The predicted molar refractivity (Wildman–Crippen MR) is 127 cm³/mol. The summed E-state index contributed by atoms with van der Waals surface area (Å²) in [6.07, 6.45) is 0. The van der Waals surface area contributed by atoms with Gasteiger partial charge in [-0.2, -0.15) is 0 Å². The molecule has 8 nitrogen and oxygen atoms in total. The van der Waals surface area contributed by atoms with E-state index in [1.165, 1.54) is 18.9 Å². The lowest BCUT2D eigenvalue weighted by Crippen LogP contribution is -2.41. The van der Waals surface area contributed by atoms with Crippen LogP contribution in [0.4, 0.5) is 0 Å². The van der Waals surface area contributed by atoms with Crippen LogP contribution in [0.15, 0.2) is 53.7 Å². The Morgan fingerprint density at radius 3 is 2.09 bits per heavy atom. The van der Waals surface area contributed by atoms with Crippen LogP contribution in [-0.2, 0) is 5.75 Å². The maximum Gasteiger partial charge on any atom is 0.269 e. The number of rotatable bonds is 8. The van der Waals surface area contributed by atoms with E-state index in [2.05, 4.69) is 20.8 Å². The van der Waals surface area contributed by atoms with Gasteiger partial charge < -0.3 is 9.47 Å². The lowest BCUT2D eigenvalue weighted by Gasteiger charge is -2.12. The number of aromatic nitrogens is 2. The van der Waals surface area contributed by atoms with E-state index >= 15 is 0 Å². The Balaban J connectivity index is 1.54. The zero-order valence-corrected chi connectivity index (χ0v) is 19.8. The molecule has 1 heterocycles. The Hall–Kier alpha value is -3.59. The average Bonchev–Trinajstić information content (AvgIpc) is 2.81. The van der Waals surface area contributed by atoms with Gasteiger partial charge in [0.05, 0.1) is 13.7 Å². The fourth-order valence-electron chi connectivity index (χ4n) is 3.00. The van der Waals surface area contributed by atoms with Gasteiger partial charge in [-0.3, -0.25) is 20.4 Å². The van der Waals surface area contributed by atoms with Gasteiger partial charge in [0.25, 0.3) is 11.8 Å². The van der Waals surface area contributed by atoms with Gasteiger partial charge in [0.15, 0.2) is 16.7 Å². The number of ether oxygens (including phenoxy) is 2. The van der Waals surface area contributed by atoms with Gasteiger partial charge in [-0.1, -0.05) is 23.9 Å². The number of nitrogens with zero attached hydrogens (tertiary/aromatic N) is 2. The zero-order valence-electron chi connectivity index (χ0n) is 19.0. The van der Waals surface area contributed by atoms with Crippen LogP contribution in [-0.4, -0.2) is 35.5 Å². The molecule has 0 aliphatic heterocycles. The predicted octanol–water partition coefficient (Wildman–Crippen LogP) is 3.87. The van der Waals surface area contributed by atoms with Crippen LogP contribution in [0.3, 0.4) is 0 Å². The number of nitrogens with one attached hydrogen (secondary N) is 2. The van der Waals surface area contributed by atoms with Crippen LogP contribution < -0.4 is 20.3 Å². The third kappa shape index (κ3) is 6.69. The molecule has 0 bridgehead atoms. The Morgan fingerprint density at radius 1 is 0.879 bits per heavy atom. The fourth-order valence-corrected chi connectivity index (χ4v) is 3.91. The largest absolute Gasteiger partial charge is 0.493 e. The number of carbonyl (C=O) groups is 2. The SMILES string of the molecule is CCOc1ccc(C(=O)NNC(=O)c2ccc(CSc3nc(C)cc(C)n3)cc2)cc1OC. The molecule has 0 unspecified atom stereocenters. The third-order valence-corrected chi connectivity index (χ3v) is 5.48. The maximum absolute atomic E-state index is 12.4. The molecule has 0 aliphatic carbocycles. The quantitative estimate of drug-likeness (QED) is 0.295. The Kier molecular flexibility index (Phi) is 8.26. The first-order chi connectivity index (χ1) is 15.9. The van der Waals surface area contributed by atoms with Crippen LogP contribution in [0.5, 0.6) is 11.5 Å². The second-order valence-corrected chi connectivity index (χ2v) is 8.07. The van der Waals surface area contributed by atoms with Crippen LogP contribution in [0, 0.1) is 13.8 Å². The lowest BCUT2D eigenvalue weighted by atomic mass is 10.1. The molecule has 0 fully saturated rings. The highest BCUT2D eigenvalue weighted by molar-refractivity contribution is 7.98. The summed E-state index contributed by atoms with van der Waals surface area (Å²) < 4.78 is 10.7. The standard InChI is InChI=1S/C24H26N4O4S/c1-5-32-20-11-10-19(13-21(20)31-4)23(30)28-27-22(29)18-8-6-17(7-9-18)14-33-24-25-15(2)12-16(3)26-24/h6-13H,5,14H2,1-4H3,(H,27,29)(H,28,30). The highest BCUT2D eigenvalue weighted by atomic mass is 32.2. The minimum absolute atomic E-state index is 0.330. The summed E-state index contributed by atoms with van der Waals surface area (Å²) in [5, 5.41) is 0.725. The van der Waals surface area contributed by atoms with E-state index in [1.807, 2.05) is 39.0 Å². The third-order valence-electron chi connectivity index (χ3n) is 4.56. The molecular weight excluding hydrogens is 440 g/mol. The van der Waals surface area contributed by atoms with E-state index in [4.69, 9.17) is 9.47 Å². The summed E-state index contributed by atoms with van der Waals surface area (Å²) in [6, 6.07) is 13.9. The van der Waals surface area contributed by atoms with Crippen molar-refractivity contribution in [2.24, 2.45) is 0 Å². The normalized spacial score (nSPS) is 10.4. The summed E-state index contributed by atoms with van der Waals surface area (Å²) in [5.41, 5.74) is 8.50. The summed E-state index contributed by atoms with van der Waals surface area (Å²) in [6.45, 7) is 6.23. The first-order valence-corrected chi connectivity index (χ1v) is 11.3. The van der Waals surface area contributed by atoms with Gasteiger partial charge in [0.1, 0.15) is 0 Å². The lowest BCUT2D eigenvalue weighted by molar-refractivity contribution is 0.0846. The van der Waals surface area contributed by atoms with Gasteiger partial charge in [0.2, 0.25) is 0 Å². The van der Waals surface area contributed by atoms with E-state index in [0.717, 1.165) is 22.1 Å². The second kappa shape index (κ2) is 11.3. The molecule has 0 aliphatic rings. The molecule has 2 aromatic carbocycles. The molecule has 0 radical (unpaired) electrons. The fraction of sp³-hybridized carbons (Fsp3) is 0.250. The molecule has 0 spiro atoms. The van der Waals surface area contributed by atoms with Crippen LogP contribution in [0.2, 0.25) is 0 Å². The number of carbonyl (C=O) groups excluding carboxylic acids is 2. The van der Waals surface area contributed by atoms with Gasteiger partial charge in [-0.25, -0.2) is 9.97 Å². The van der Waals surface area contributed by atoms with Crippen molar-refractivity contribution in [2.75, 3.05) is 13.7 Å². The molecule has 172 valence electrons. The van der Waals surface area contributed by atoms with Crippen LogP contribution >= 0.6 is 11.8 Å². The number of hydrazine groups is 1. The van der Waals surface area contributed by atoms with Gasteiger partial charge >= 0.3 is 0 Å². The van der Waals surface area contributed by atoms with Crippen LogP contribution in [0.1, 0.15) is 44.6 Å². The Morgan fingerprint density at radius 2 is 1.48 bits per heavy atom. The number of hydrogen-bond donors (Lipinski definition) is 2. The van der Waals surface area contributed by atoms with Crippen molar-refractivity contribution in [3.63, 3.8) is 0 Å². The highest BCUT2D eigenvalue weighted by Gasteiger charge is 2.13. The molecule has 33 heavy (non-hydrogen) atoms. The van der Waals surface area contributed by atoms with Gasteiger partial charge in [-0.15, -0.1) is 0 Å². The minimum Gasteiger partial charge on any atom is -0.493 e. The molecule has 0 atom stereocenters.